The molecule has 0 aliphatic heterocycles. The van der Waals surface area contributed by atoms with Crippen molar-refractivity contribution in [1.82, 2.24) is 0 Å². The Balaban J connectivity index is 1.60. The average Bonchev–Trinajstić information content (AvgIpc) is 2.64. The van der Waals surface area contributed by atoms with Crippen LogP contribution < -0.4 is 10.4 Å². The topological polar surface area (TPSA) is 79.9 Å². The molecule has 0 bridgehead atoms. The van der Waals surface area contributed by atoms with Crippen molar-refractivity contribution in [3.8, 4) is 5.75 Å². The van der Waals surface area contributed by atoms with Crippen LogP contribution in [0.2, 0.25) is 0 Å². The molecule has 5 heteroatoms. The van der Waals surface area contributed by atoms with Crippen molar-refractivity contribution in [3.05, 3.63) is 52.9 Å². The van der Waals surface area contributed by atoms with Gasteiger partial charge >= 0.3 is 5.63 Å². The van der Waals surface area contributed by atoms with E-state index in [1.165, 1.54) is 6.07 Å². The van der Waals surface area contributed by atoms with Crippen molar-refractivity contribution in [2.24, 2.45) is 22.7 Å². The van der Waals surface area contributed by atoms with Gasteiger partial charge in [0.1, 0.15) is 11.3 Å². The molecule has 4 rings (SSSR count). The summed E-state index contributed by atoms with van der Waals surface area (Å²) < 4.78 is 11.4. The highest BCUT2D eigenvalue weighted by Crippen LogP contribution is 2.60. The summed E-state index contributed by atoms with van der Waals surface area (Å²) in [6.45, 7) is 11.0. The van der Waals surface area contributed by atoms with E-state index in [2.05, 4.69) is 27.4 Å². The predicted octanol–water partition coefficient (Wildman–Crippen LogP) is 3.91. The van der Waals surface area contributed by atoms with Gasteiger partial charge in [0.2, 0.25) is 0 Å². The van der Waals surface area contributed by atoms with Crippen molar-refractivity contribution in [3.63, 3.8) is 0 Å². The van der Waals surface area contributed by atoms with E-state index in [1.54, 1.807) is 12.1 Å². The minimum absolute atomic E-state index is 0.0347. The van der Waals surface area contributed by atoms with Gasteiger partial charge in [-0.05, 0) is 54.2 Å². The van der Waals surface area contributed by atoms with Crippen LogP contribution in [0.4, 0.5) is 0 Å². The van der Waals surface area contributed by atoms with Gasteiger partial charge in [0.25, 0.3) is 0 Å². The molecule has 0 amide bonds. The fraction of sp³-hybridized carbons (Fsp3) is 0.542. The van der Waals surface area contributed by atoms with Crippen LogP contribution in [0, 0.1) is 22.7 Å². The summed E-state index contributed by atoms with van der Waals surface area (Å²) in [6.07, 6.45) is 1.11. The predicted molar refractivity (Wildman–Crippen MR) is 112 cm³/mol. The number of hydrogen-bond acceptors (Lipinski definition) is 5. The lowest BCUT2D eigenvalue weighted by Crippen LogP contribution is -2.60. The summed E-state index contributed by atoms with van der Waals surface area (Å²) in [6, 6.07) is 8.62. The van der Waals surface area contributed by atoms with Gasteiger partial charge in [0.15, 0.2) is 0 Å². The van der Waals surface area contributed by atoms with E-state index >= 15 is 0 Å². The lowest BCUT2D eigenvalue weighted by atomic mass is 9.46. The first kappa shape index (κ1) is 20.2. The molecule has 29 heavy (non-hydrogen) atoms. The third-order valence-electron chi connectivity index (χ3n) is 7.48. The van der Waals surface area contributed by atoms with Crippen LogP contribution in [0.3, 0.4) is 0 Å². The smallest absolute Gasteiger partial charge is 0.336 e. The molecule has 1 heterocycles. The molecule has 2 fully saturated rings. The van der Waals surface area contributed by atoms with Crippen LogP contribution in [-0.4, -0.2) is 29.0 Å². The fourth-order valence-electron chi connectivity index (χ4n) is 5.97. The Morgan fingerprint density at radius 2 is 1.93 bits per heavy atom. The number of ether oxygens (including phenoxy) is 1. The number of aliphatic hydroxyl groups is 2. The second kappa shape index (κ2) is 6.99. The molecule has 156 valence electrons. The summed E-state index contributed by atoms with van der Waals surface area (Å²) >= 11 is 0. The molecule has 2 aliphatic carbocycles. The van der Waals surface area contributed by atoms with Gasteiger partial charge in [0, 0.05) is 23.4 Å². The number of hydrogen-bond donors (Lipinski definition) is 2. The van der Waals surface area contributed by atoms with Crippen LogP contribution in [0.5, 0.6) is 5.75 Å². The Labute approximate surface area is 171 Å². The third kappa shape index (κ3) is 3.30. The molecular formula is C24H30O5. The maximum Gasteiger partial charge on any atom is 0.336 e. The van der Waals surface area contributed by atoms with Gasteiger partial charge in [0.05, 0.1) is 18.8 Å². The van der Waals surface area contributed by atoms with E-state index in [-0.39, 0.29) is 28.3 Å². The normalized spacial score (nSPS) is 34.0. The van der Waals surface area contributed by atoms with E-state index in [0.717, 1.165) is 17.4 Å². The Kier molecular flexibility index (Phi) is 4.87. The first-order chi connectivity index (χ1) is 13.6. The van der Waals surface area contributed by atoms with Crippen LogP contribution in [-0.2, 0) is 0 Å². The lowest BCUT2D eigenvalue weighted by Gasteiger charge is -2.60. The van der Waals surface area contributed by atoms with E-state index in [0.29, 0.717) is 30.8 Å². The van der Waals surface area contributed by atoms with E-state index in [9.17, 15) is 15.0 Å². The molecule has 0 radical (unpaired) electrons. The third-order valence-corrected chi connectivity index (χ3v) is 7.48. The number of aliphatic hydroxyl groups excluding tert-OH is 2. The molecule has 1 aromatic carbocycles. The summed E-state index contributed by atoms with van der Waals surface area (Å²) in [5.74, 6) is 0.676. The lowest BCUT2D eigenvalue weighted by molar-refractivity contribution is -0.171. The zero-order valence-electron chi connectivity index (χ0n) is 17.4. The van der Waals surface area contributed by atoms with Gasteiger partial charge in [-0.3, -0.25) is 0 Å². The Morgan fingerprint density at radius 1 is 1.21 bits per heavy atom. The second-order valence-corrected chi connectivity index (χ2v) is 9.61. The quantitative estimate of drug-likeness (QED) is 0.605. The van der Waals surface area contributed by atoms with Crippen molar-refractivity contribution in [2.45, 2.75) is 52.2 Å². The SMILES string of the molecule is C=C1C[C@@H](O)[C@@H]2C(C)(C)[C@H](O)CC[C@]2(C)[C@H]1COc1ccc2ccc(=O)oc2c1. The maximum absolute atomic E-state index is 11.5. The summed E-state index contributed by atoms with van der Waals surface area (Å²) in [7, 11) is 0. The van der Waals surface area contributed by atoms with Crippen LogP contribution >= 0.6 is 0 Å². The molecule has 2 aromatic rings. The molecule has 0 unspecified atom stereocenters. The van der Waals surface area contributed by atoms with Gasteiger partial charge in [-0.2, -0.15) is 0 Å². The molecule has 2 N–H and O–H groups in total. The van der Waals surface area contributed by atoms with Gasteiger partial charge in [-0.1, -0.05) is 32.9 Å². The number of benzene rings is 1. The summed E-state index contributed by atoms with van der Waals surface area (Å²) in [4.78, 5) is 11.5. The molecule has 1 aromatic heterocycles. The molecule has 5 nitrogen and oxygen atoms in total. The Bertz CT molecular complexity index is 990. The monoisotopic (exact) mass is 398 g/mol. The Hall–Kier alpha value is -2.11. The maximum atomic E-state index is 11.5. The van der Waals surface area contributed by atoms with Crippen LogP contribution in [0.15, 0.2) is 51.7 Å². The largest absolute Gasteiger partial charge is 0.493 e. The molecular weight excluding hydrogens is 368 g/mol. The molecule has 5 atom stereocenters. The zero-order chi connectivity index (χ0) is 21.0. The minimum Gasteiger partial charge on any atom is -0.493 e. The molecule has 2 saturated carbocycles. The first-order valence-corrected chi connectivity index (χ1v) is 10.3. The van der Waals surface area contributed by atoms with Crippen molar-refractivity contribution >= 4 is 11.0 Å². The molecule has 2 aliphatic rings. The highest BCUT2D eigenvalue weighted by molar-refractivity contribution is 5.77. The summed E-state index contributed by atoms with van der Waals surface area (Å²) in [5.41, 5.74) is 0.524. The molecule has 0 spiro atoms. The van der Waals surface area contributed by atoms with E-state index in [1.807, 2.05) is 12.1 Å². The standard InChI is InChI=1S/C24H30O5/c1-14-11-18(25)22-23(2,3)20(26)9-10-24(22,4)17(14)13-28-16-7-5-15-6-8-21(27)29-19(15)12-16/h5-8,12,17-18,20,22,25-26H,1,9-11,13H2,2-4H3/t17-,18+,20+,22+,24+/m0/s1. The average molecular weight is 398 g/mol. The Morgan fingerprint density at radius 3 is 2.69 bits per heavy atom. The highest BCUT2D eigenvalue weighted by atomic mass is 16.5. The zero-order valence-corrected chi connectivity index (χ0v) is 17.4. The van der Waals surface area contributed by atoms with Crippen LogP contribution in [0.25, 0.3) is 11.0 Å². The van der Waals surface area contributed by atoms with E-state index < -0.39 is 12.2 Å². The first-order valence-electron chi connectivity index (χ1n) is 10.3. The van der Waals surface area contributed by atoms with Gasteiger partial charge in [-0.25, -0.2) is 4.79 Å². The van der Waals surface area contributed by atoms with Gasteiger partial charge in [-0.15, -0.1) is 0 Å². The minimum atomic E-state index is -0.511. The van der Waals surface area contributed by atoms with Gasteiger partial charge < -0.3 is 19.4 Å². The van der Waals surface area contributed by atoms with E-state index in [4.69, 9.17) is 9.15 Å². The highest BCUT2D eigenvalue weighted by Gasteiger charge is 2.59. The van der Waals surface area contributed by atoms with Crippen LogP contribution in [0.1, 0.15) is 40.0 Å². The fourth-order valence-corrected chi connectivity index (χ4v) is 5.97. The van der Waals surface area contributed by atoms with Crippen molar-refractivity contribution in [2.75, 3.05) is 6.61 Å². The number of fused-ring (bicyclic) bond motifs is 2. The van der Waals surface area contributed by atoms with Crippen molar-refractivity contribution in [1.29, 1.82) is 0 Å². The molecule has 0 saturated heterocycles. The summed E-state index contributed by atoms with van der Waals surface area (Å²) in [5, 5.41) is 22.3. The van der Waals surface area contributed by atoms with Crippen molar-refractivity contribution < 1.29 is 19.4 Å². The second-order valence-electron chi connectivity index (χ2n) is 9.61. The number of rotatable bonds is 3.